The molecule has 0 spiro atoms. The summed E-state index contributed by atoms with van der Waals surface area (Å²) in [4.78, 5) is 12.1. The van der Waals surface area contributed by atoms with Crippen LogP contribution in [0.1, 0.15) is 17.5 Å². The van der Waals surface area contributed by atoms with Crippen molar-refractivity contribution in [3.05, 3.63) is 35.6 Å². The molecule has 1 unspecified atom stereocenters. The second kappa shape index (κ2) is 7.52. The first kappa shape index (κ1) is 15.9. The van der Waals surface area contributed by atoms with Crippen molar-refractivity contribution >= 4 is 28.6 Å². The Morgan fingerprint density at radius 1 is 1.48 bits per heavy atom. The molecule has 0 aliphatic heterocycles. The number of aliphatic hydroxyl groups excluding tert-OH is 1. The van der Waals surface area contributed by atoms with E-state index in [9.17, 15) is 4.79 Å². The van der Waals surface area contributed by atoms with E-state index >= 15 is 0 Å². The van der Waals surface area contributed by atoms with E-state index in [0.29, 0.717) is 12.8 Å². The lowest BCUT2D eigenvalue weighted by atomic mass is 10.1. The van der Waals surface area contributed by atoms with Gasteiger partial charge in [-0.2, -0.15) is 11.8 Å². The summed E-state index contributed by atoms with van der Waals surface area (Å²) in [5.41, 5.74) is 2.85. The molecule has 2 N–H and O–H groups in total. The number of carbonyl (C=O) groups is 1. The maximum absolute atomic E-state index is 12.1. The van der Waals surface area contributed by atoms with Gasteiger partial charge in [0.15, 0.2) is 0 Å². The Morgan fingerprint density at radius 3 is 3.00 bits per heavy atom. The fraction of sp³-hybridized carbons (Fsp3) is 0.438. The van der Waals surface area contributed by atoms with Crippen molar-refractivity contribution in [2.45, 2.75) is 25.8 Å². The van der Waals surface area contributed by atoms with Crippen molar-refractivity contribution in [3.63, 3.8) is 0 Å². The molecule has 0 saturated heterocycles. The number of nitrogens with one attached hydrogen (secondary N) is 1. The van der Waals surface area contributed by atoms with Gasteiger partial charge < -0.3 is 14.8 Å². The number of thioether (sulfide) groups is 1. The van der Waals surface area contributed by atoms with Gasteiger partial charge >= 0.3 is 0 Å². The predicted molar refractivity (Wildman–Crippen MR) is 86.7 cm³/mol. The van der Waals surface area contributed by atoms with E-state index in [2.05, 4.69) is 5.32 Å². The summed E-state index contributed by atoms with van der Waals surface area (Å²) in [5.74, 6) is 0.767. The van der Waals surface area contributed by atoms with Crippen LogP contribution in [0.15, 0.2) is 28.9 Å². The van der Waals surface area contributed by atoms with Gasteiger partial charge in [0, 0.05) is 29.4 Å². The minimum atomic E-state index is -0.0363. The largest absolute Gasteiger partial charge is 0.464 e. The van der Waals surface area contributed by atoms with Gasteiger partial charge in [0.05, 0.1) is 12.7 Å². The van der Waals surface area contributed by atoms with E-state index in [4.69, 9.17) is 9.52 Å². The van der Waals surface area contributed by atoms with E-state index in [1.165, 1.54) is 0 Å². The van der Waals surface area contributed by atoms with Crippen LogP contribution in [0.4, 0.5) is 0 Å². The average Bonchev–Trinajstić information content (AvgIpc) is 2.81. The number of rotatable bonds is 7. The van der Waals surface area contributed by atoms with Crippen molar-refractivity contribution in [1.82, 2.24) is 5.32 Å². The predicted octanol–water partition coefficient (Wildman–Crippen LogP) is 2.51. The molecule has 0 aliphatic rings. The van der Waals surface area contributed by atoms with Crippen LogP contribution in [0.25, 0.3) is 11.0 Å². The van der Waals surface area contributed by atoms with Crippen LogP contribution in [0.2, 0.25) is 0 Å². The van der Waals surface area contributed by atoms with Crippen molar-refractivity contribution < 1.29 is 14.3 Å². The normalized spacial score (nSPS) is 12.5. The first-order chi connectivity index (χ1) is 10.1. The molecule has 1 amide bonds. The van der Waals surface area contributed by atoms with E-state index in [-0.39, 0.29) is 18.6 Å². The van der Waals surface area contributed by atoms with Crippen LogP contribution in [-0.4, -0.2) is 35.7 Å². The smallest absolute Gasteiger partial charge is 0.224 e. The molecular formula is C16H21NO3S. The Bertz CT molecular complexity index is 603. The lowest BCUT2D eigenvalue weighted by Gasteiger charge is -2.16. The van der Waals surface area contributed by atoms with Gasteiger partial charge in [0.25, 0.3) is 0 Å². The fourth-order valence-corrected chi connectivity index (χ4v) is 2.99. The molecule has 2 aromatic rings. The number of hydrogen-bond donors (Lipinski definition) is 2. The van der Waals surface area contributed by atoms with Crippen molar-refractivity contribution in [2.75, 3.05) is 18.6 Å². The van der Waals surface area contributed by atoms with Gasteiger partial charge in [-0.1, -0.05) is 12.1 Å². The summed E-state index contributed by atoms with van der Waals surface area (Å²) < 4.78 is 5.51. The molecule has 21 heavy (non-hydrogen) atoms. The zero-order valence-electron chi connectivity index (χ0n) is 12.4. The highest BCUT2D eigenvalue weighted by Gasteiger charge is 2.14. The standard InChI is InChI=1S/C16H21NO3S/c1-11-3-4-14-12(9-20-15(14)7-11)8-16(19)17-13(5-6-18)10-21-2/h3-4,7,9,13,18H,5-6,8,10H2,1-2H3,(H,17,19). The average molecular weight is 307 g/mol. The summed E-state index contributed by atoms with van der Waals surface area (Å²) in [6.45, 7) is 2.09. The third-order valence-electron chi connectivity index (χ3n) is 3.37. The zero-order valence-corrected chi connectivity index (χ0v) is 13.2. The first-order valence-corrected chi connectivity index (χ1v) is 8.39. The van der Waals surface area contributed by atoms with Gasteiger partial charge in [0.1, 0.15) is 5.58 Å². The molecule has 0 bridgehead atoms. The molecule has 114 valence electrons. The lowest BCUT2D eigenvalue weighted by Crippen LogP contribution is -2.38. The summed E-state index contributed by atoms with van der Waals surface area (Å²) in [5, 5.41) is 13.0. The molecule has 1 atom stereocenters. The fourth-order valence-electron chi connectivity index (χ4n) is 2.33. The van der Waals surface area contributed by atoms with Gasteiger partial charge in [-0.15, -0.1) is 0 Å². The Labute approximate surface area is 128 Å². The molecule has 0 radical (unpaired) electrons. The second-order valence-electron chi connectivity index (χ2n) is 5.17. The van der Waals surface area contributed by atoms with Crippen LogP contribution < -0.4 is 5.32 Å². The molecule has 0 saturated carbocycles. The van der Waals surface area contributed by atoms with E-state index in [1.54, 1.807) is 18.0 Å². The molecular weight excluding hydrogens is 286 g/mol. The molecule has 1 aromatic heterocycles. The number of hydrogen-bond acceptors (Lipinski definition) is 4. The Morgan fingerprint density at radius 2 is 2.29 bits per heavy atom. The van der Waals surface area contributed by atoms with Crippen LogP contribution in [-0.2, 0) is 11.2 Å². The maximum Gasteiger partial charge on any atom is 0.224 e. The topological polar surface area (TPSA) is 62.5 Å². The quantitative estimate of drug-likeness (QED) is 0.825. The summed E-state index contributed by atoms with van der Waals surface area (Å²) in [6, 6.07) is 5.99. The number of amides is 1. The summed E-state index contributed by atoms with van der Waals surface area (Å²) in [7, 11) is 0. The number of aliphatic hydroxyl groups is 1. The van der Waals surface area contributed by atoms with Gasteiger partial charge in [-0.25, -0.2) is 0 Å². The number of fused-ring (bicyclic) bond motifs is 1. The molecule has 5 heteroatoms. The highest BCUT2D eigenvalue weighted by atomic mass is 32.2. The maximum atomic E-state index is 12.1. The minimum absolute atomic E-state index is 0.0120. The van der Waals surface area contributed by atoms with Gasteiger partial charge in [0.2, 0.25) is 5.91 Å². The Hall–Kier alpha value is -1.46. The van der Waals surface area contributed by atoms with E-state index in [1.807, 2.05) is 31.4 Å². The first-order valence-electron chi connectivity index (χ1n) is 7.00. The minimum Gasteiger partial charge on any atom is -0.464 e. The summed E-state index contributed by atoms with van der Waals surface area (Å²) >= 11 is 1.66. The molecule has 1 heterocycles. The molecule has 0 aliphatic carbocycles. The monoisotopic (exact) mass is 307 g/mol. The van der Waals surface area contributed by atoms with Crippen LogP contribution in [0.5, 0.6) is 0 Å². The molecule has 4 nitrogen and oxygen atoms in total. The number of furan rings is 1. The number of carbonyl (C=O) groups excluding carboxylic acids is 1. The van der Waals surface area contributed by atoms with Crippen LogP contribution >= 0.6 is 11.8 Å². The highest BCUT2D eigenvalue weighted by molar-refractivity contribution is 7.98. The Balaban J connectivity index is 2.03. The van der Waals surface area contributed by atoms with Gasteiger partial charge in [-0.3, -0.25) is 4.79 Å². The number of aryl methyl sites for hydroxylation is 1. The van der Waals surface area contributed by atoms with Crippen molar-refractivity contribution in [2.24, 2.45) is 0 Å². The van der Waals surface area contributed by atoms with Crippen molar-refractivity contribution in [1.29, 1.82) is 0 Å². The van der Waals surface area contributed by atoms with Crippen LogP contribution in [0.3, 0.4) is 0 Å². The van der Waals surface area contributed by atoms with Crippen molar-refractivity contribution in [3.8, 4) is 0 Å². The molecule has 0 fully saturated rings. The van der Waals surface area contributed by atoms with E-state index in [0.717, 1.165) is 27.8 Å². The molecule has 1 aromatic carbocycles. The SMILES string of the molecule is CSCC(CCO)NC(=O)Cc1coc2cc(C)ccc12. The van der Waals surface area contributed by atoms with Crippen LogP contribution in [0, 0.1) is 6.92 Å². The second-order valence-corrected chi connectivity index (χ2v) is 6.08. The molecule has 2 rings (SSSR count). The third kappa shape index (κ3) is 4.25. The summed E-state index contributed by atoms with van der Waals surface area (Å²) in [6.07, 6.45) is 4.52. The lowest BCUT2D eigenvalue weighted by molar-refractivity contribution is -0.121. The van der Waals surface area contributed by atoms with E-state index < -0.39 is 0 Å². The third-order valence-corrected chi connectivity index (χ3v) is 4.11. The van der Waals surface area contributed by atoms with Gasteiger partial charge in [-0.05, 0) is 31.2 Å². The number of benzene rings is 1. The Kier molecular flexibility index (Phi) is 5.70. The zero-order chi connectivity index (χ0) is 15.2. The highest BCUT2D eigenvalue weighted by Crippen LogP contribution is 2.22.